The molecule has 5 rings (SSSR count). The molecule has 176 valence electrons. The van der Waals surface area contributed by atoms with Crippen LogP contribution in [0.5, 0.6) is 0 Å². The molecule has 3 heterocycles. The molecule has 0 saturated carbocycles. The predicted octanol–water partition coefficient (Wildman–Crippen LogP) is 2.46. The summed E-state index contributed by atoms with van der Waals surface area (Å²) >= 11 is 0. The molecule has 34 heavy (non-hydrogen) atoms. The third kappa shape index (κ3) is 4.76. The highest BCUT2D eigenvalue weighted by atomic mass is 32.2. The number of imidazole rings is 1. The number of morpholine rings is 1. The first-order chi connectivity index (χ1) is 16.3. The van der Waals surface area contributed by atoms with E-state index in [1.165, 1.54) is 18.2 Å². The number of nitrogens with two attached hydrogens (primary N) is 1. The second kappa shape index (κ2) is 8.85. The molecule has 0 bridgehead atoms. The van der Waals surface area contributed by atoms with Crippen LogP contribution in [0.4, 0.5) is 33.5 Å². The van der Waals surface area contributed by atoms with Gasteiger partial charge in [0.2, 0.25) is 21.9 Å². The summed E-state index contributed by atoms with van der Waals surface area (Å²) in [4.78, 5) is 18.0. The van der Waals surface area contributed by atoms with Gasteiger partial charge < -0.3 is 25.3 Å². The Kier molecular flexibility index (Phi) is 5.73. The van der Waals surface area contributed by atoms with Crippen molar-refractivity contribution in [3.63, 3.8) is 0 Å². The van der Waals surface area contributed by atoms with Crippen molar-refractivity contribution in [1.29, 1.82) is 0 Å². The molecular weight excluding hydrogens is 463 g/mol. The van der Waals surface area contributed by atoms with E-state index in [1.54, 1.807) is 12.1 Å². The molecule has 2 aromatic heterocycles. The first kappa shape index (κ1) is 22.0. The van der Waals surface area contributed by atoms with E-state index in [-0.39, 0.29) is 16.7 Å². The Hall–Kier alpha value is -3.81. The number of H-pyrrole nitrogens is 1. The molecule has 1 aliphatic heterocycles. The molecule has 0 atom stereocenters. The largest absolute Gasteiger partial charge is 0.378 e. The van der Waals surface area contributed by atoms with Gasteiger partial charge in [-0.15, -0.1) is 0 Å². The number of aromatic amines is 1. The van der Waals surface area contributed by atoms with Crippen molar-refractivity contribution in [2.24, 2.45) is 5.14 Å². The molecule has 1 aliphatic rings. The van der Waals surface area contributed by atoms with Gasteiger partial charge in [-0.1, -0.05) is 6.07 Å². The topological polar surface area (TPSA) is 151 Å². The van der Waals surface area contributed by atoms with Gasteiger partial charge in [0.15, 0.2) is 11.6 Å². The van der Waals surface area contributed by atoms with Gasteiger partial charge in [-0.2, -0.15) is 4.98 Å². The SMILES string of the molecule is NS(=O)(=O)c1cccc(Nc2ncc(F)c(Nc3ccc4nc(N5CCOCC5)[nH]c4c3)n2)c1. The van der Waals surface area contributed by atoms with Crippen LogP contribution in [0.25, 0.3) is 11.0 Å². The first-order valence-electron chi connectivity index (χ1n) is 10.4. The third-order valence-electron chi connectivity index (χ3n) is 5.21. The van der Waals surface area contributed by atoms with E-state index in [9.17, 15) is 12.8 Å². The summed E-state index contributed by atoms with van der Waals surface area (Å²) in [5, 5.41) is 11.0. The number of hydrogen-bond acceptors (Lipinski definition) is 9. The lowest BCUT2D eigenvalue weighted by atomic mass is 10.3. The Labute approximate surface area is 194 Å². The average molecular weight is 485 g/mol. The monoisotopic (exact) mass is 484 g/mol. The number of hydrogen-bond donors (Lipinski definition) is 4. The second-order valence-corrected chi connectivity index (χ2v) is 9.17. The van der Waals surface area contributed by atoms with Gasteiger partial charge in [0.05, 0.1) is 35.3 Å². The third-order valence-corrected chi connectivity index (χ3v) is 6.12. The summed E-state index contributed by atoms with van der Waals surface area (Å²) in [5.41, 5.74) is 2.56. The zero-order valence-electron chi connectivity index (χ0n) is 17.8. The fourth-order valence-electron chi connectivity index (χ4n) is 3.53. The fraction of sp³-hybridized carbons (Fsp3) is 0.190. The molecule has 0 aliphatic carbocycles. The molecule has 5 N–H and O–H groups in total. The summed E-state index contributed by atoms with van der Waals surface area (Å²) in [5.74, 6) is 0.138. The van der Waals surface area contributed by atoms with Crippen LogP contribution in [0.15, 0.2) is 53.6 Å². The van der Waals surface area contributed by atoms with Crippen LogP contribution < -0.4 is 20.7 Å². The van der Waals surface area contributed by atoms with E-state index in [2.05, 4.69) is 35.5 Å². The van der Waals surface area contributed by atoms with Gasteiger partial charge in [0, 0.05) is 24.5 Å². The van der Waals surface area contributed by atoms with Crippen molar-refractivity contribution in [1.82, 2.24) is 19.9 Å². The van der Waals surface area contributed by atoms with Gasteiger partial charge in [-0.3, -0.25) is 0 Å². The van der Waals surface area contributed by atoms with Gasteiger partial charge in [0.1, 0.15) is 0 Å². The Morgan fingerprint density at radius 2 is 1.85 bits per heavy atom. The number of ether oxygens (including phenoxy) is 1. The number of nitrogens with zero attached hydrogens (tertiary/aromatic N) is 4. The normalized spacial score (nSPS) is 14.4. The van der Waals surface area contributed by atoms with E-state index in [0.29, 0.717) is 24.6 Å². The van der Waals surface area contributed by atoms with Crippen LogP contribution in [0.3, 0.4) is 0 Å². The van der Waals surface area contributed by atoms with Crippen LogP contribution in [-0.4, -0.2) is 54.7 Å². The lowest BCUT2D eigenvalue weighted by Gasteiger charge is -2.26. The standard InChI is InChI=1S/C21H21FN8O3S/c22-16-12-24-20(26-13-2-1-3-15(10-13)34(23,31)32)29-19(16)25-14-4-5-17-18(11-14)28-21(27-17)30-6-8-33-9-7-30/h1-5,10-12H,6-9H2,(H,27,28)(H2,23,31,32)(H2,24,25,26,29). The smallest absolute Gasteiger partial charge is 0.238 e. The molecule has 13 heteroatoms. The lowest BCUT2D eigenvalue weighted by molar-refractivity contribution is 0.122. The van der Waals surface area contributed by atoms with Crippen LogP contribution in [0.1, 0.15) is 0 Å². The second-order valence-electron chi connectivity index (χ2n) is 7.60. The quantitative estimate of drug-likeness (QED) is 0.323. The predicted molar refractivity (Wildman–Crippen MR) is 125 cm³/mol. The number of benzene rings is 2. The summed E-state index contributed by atoms with van der Waals surface area (Å²) in [6, 6.07) is 11.3. The summed E-state index contributed by atoms with van der Waals surface area (Å²) in [6.45, 7) is 2.82. The van der Waals surface area contributed by atoms with Gasteiger partial charge in [-0.25, -0.2) is 27.9 Å². The van der Waals surface area contributed by atoms with Gasteiger partial charge >= 0.3 is 0 Å². The van der Waals surface area contributed by atoms with Crippen LogP contribution in [0.2, 0.25) is 0 Å². The number of sulfonamides is 1. The maximum absolute atomic E-state index is 14.4. The number of rotatable bonds is 6. The Morgan fingerprint density at radius 1 is 1.06 bits per heavy atom. The van der Waals surface area contributed by atoms with Crippen molar-refractivity contribution in [2.75, 3.05) is 41.8 Å². The van der Waals surface area contributed by atoms with Crippen molar-refractivity contribution in [3.05, 3.63) is 54.5 Å². The minimum absolute atomic E-state index is 0.0487. The van der Waals surface area contributed by atoms with Crippen LogP contribution in [-0.2, 0) is 14.8 Å². The lowest BCUT2D eigenvalue weighted by Crippen LogP contribution is -2.36. The first-order valence-corrected chi connectivity index (χ1v) is 11.9. The van der Waals surface area contributed by atoms with Crippen molar-refractivity contribution >= 4 is 50.1 Å². The summed E-state index contributed by atoms with van der Waals surface area (Å²) in [6.07, 6.45) is 1.02. The number of anilines is 5. The van der Waals surface area contributed by atoms with Gasteiger partial charge in [-0.05, 0) is 36.4 Å². The maximum atomic E-state index is 14.4. The van der Waals surface area contributed by atoms with Crippen molar-refractivity contribution < 1.29 is 17.5 Å². The van der Waals surface area contributed by atoms with E-state index in [4.69, 9.17) is 9.88 Å². The van der Waals surface area contributed by atoms with E-state index < -0.39 is 15.8 Å². The molecule has 11 nitrogen and oxygen atoms in total. The van der Waals surface area contributed by atoms with Crippen LogP contribution >= 0.6 is 0 Å². The molecule has 0 radical (unpaired) electrons. The zero-order valence-corrected chi connectivity index (χ0v) is 18.6. The molecule has 1 fully saturated rings. The van der Waals surface area contributed by atoms with E-state index in [0.717, 1.165) is 36.3 Å². The summed E-state index contributed by atoms with van der Waals surface area (Å²) < 4.78 is 42.9. The number of nitrogens with one attached hydrogen (secondary N) is 3. The van der Waals surface area contributed by atoms with Crippen LogP contribution in [0, 0.1) is 5.82 Å². The molecule has 1 saturated heterocycles. The highest BCUT2D eigenvalue weighted by Gasteiger charge is 2.16. The minimum Gasteiger partial charge on any atom is -0.378 e. The number of fused-ring (bicyclic) bond motifs is 1. The fourth-order valence-corrected chi connectivity index (χ4v) is 4.09. The minimum atomic E-state index is -3.87. The Bertz CT molecular complexity index is 1450. The Balaban J connectivity index is 1.36. The zero-order chi connectivity index (χ0) is 23.7. The molecular formula is C21H21FN8O3S. The van der Waals surface area contributed by atoms with Crippen molar-refractivity contribution in [2.45, 2.75) is 4.90 Å². The summed E-state index contributed by atoms with van der Waals surface area (Å²) in [7, 11) is -3.87. The highest BCUT2D eigenvalue weighted by Crippen LogP contribution is 2.25. The highest BCUT2D eigenvalue weighted by molar-refractivity contribution is 7.89. The van der Waals surface area contributed by atoms with E-state index >= 15 is 0 Å². The number of aromatic nitrogens is 4. The van der Waals surface area contributed by atoms with Crippen molar-refractivity contribution in [3.8, 4) is 0 Å². The van der Waals surface area contributed by atoms with Gasteiger partial charge in [0.25, 0.3) is 0 Å². The molecule has 0 amide bonds. The molecule has 0 unspecified atom stereocenters. The molecule has 0 spiro atoms. The Morgan fingerprint density at radius 3 is 2.65 bits per heavy atom. The molecule has 4 aromatic rings. The number of halogens is 1. The number of primary sulfonamides is 1. The maximum Gasteiger partial charge on any atom is 0.238 e. The average Bonchev–Trinajstić information content (AvgIpc) is 3.25. The molecule has 2 aromatic carbocycles. The van der Waals surface area contributed by atoms with E-state index in [1.807, 2.05) is 12.1 Å².